The van der Waals surface area contributed by atoms with Crippen molar-refractivity contribution in [3.63, 3.8) is 0 Å². The van der Waals surface area contributed by atoms with E-state index in [1.807, 2.05) is 0 Å². The molecule has 0 aliphatic carbocycles. The van der Waals surface area contributed by atoms with Crippen LogP contribution in [0.4, 0.5) is 33.1 Å². The summed E-state index contributed by atoms with van der Waals surface area (Å²) in [5, 5.41) is 17.2. The molecule has 2 aromatic carbocycles. The van der Waals surface area contributed by atoms with E-state index in [4.69, 9.17) is 0 Å². The lowest BCUT2D eigenvalue weighted by atomic mass is 10.3. The predicted molar refractivity (Wildman–Crippen MR) is 95.8 cm³/mol. The van der Waals surface area contributed by atoms with Gasteiger partial charge in [0.2, 0.25) is 11.6 Å². The van der Waals surface area contributed by atoms with Gasteiger partial charge in [-0.3, -0.25) is 10.1 Å². The van der Waals surface area contributed by atoms with Gasteiger partial charge >= 0.3 is 5.69 Å². The van der Waals surface area contributed by atoms with Gasteiger partial charge in [0, 0.05) is 15.8 Å². The van der Waals surface area contributed by atoms with E-state index in [9.17, 15) is 14.5 Å². The van der Waals surface area contributed by atoms with Gasteiger partial charge in [0.05, 0.1) is 4.92 Å². The molecule has 0 saturated carbocycles. The van der Waals surface area contributed by atoms with Gasteiger partial charge in [-0.1, -0.05) is 15.9 Å². The Morgan fingerprint density at radius 2 is 1.40 bits per heavy atom. The van der Waals surface area contributed by atoms with Crippen molar-refractivity contribution < 1.29 is 9.31 Å². The Hall–Kier alpha value is -3.07. The van der Waals surface area contributed by atoms with Crippen molar-refractivity contribution in [3.8, 4) is 0 Å². The molecule has 0 radical (unpaired) electrons. The summed E-state index contributed by atoms with van der Waals surface area (Å²) in [5.74, 6) is -0.349. The summed E-state index contributed by atoms with van der Waals surface area (Å²) < 4.78 is 13.9. The minimum atomic E-state index is -0.576. The van der Waals surface area contributed by atoms with Crippen molar-refractivity contribution in [2.75, 3.05) is 10.6 Å². The van der Waals surface area contributed by atoms with E-state index < -0.39 is 10.7 Å². The highest BCUT2D eigenvalue weighted by Crippen LogP contribution is 2.33. The number of anilines is 4. The third-order valence-corrected chi connectivity index (χ3v) is 3.75. The Morgan fingerprint density at radius 3 is 1.88 bits per heavy atom. The van der Waals surface area contributed by atoms with Crippen LogP contribution in [0.3, 0.4) is 0 Å². The summed E-state index contributed by atoms with van der Waals surface area (Å²) in [6.45, 7) is 0. The quantitative estimate of drug-likeness (QED) is 0.470. The second-order valence-corrected chi connectivity index (χ2v) is 5.86. The van der Waals surface area contributed by atoms with Crippen molar-refractivity contribution in [2.45, 2.75) is 0 Å². The molecule has 1 aromatic heterocycles. The molecule has 25 heavy (non-hydrogen) atoms. The Bertz CT molecular complexity index is 838. The van der Waals surface area contributed by atoms with Gasteiger partial charge in [0.15, 0.2) is 0 Å². The van der Waals surface area contributed by atoms with Crippen LogP contribution >= 0.6 is 15.9 Å². The van der Waals surface area contributed by atoms with E-state index in [1.165, 1.54) is 30.6 Å². The minimum Gasteiger partial charge on any atom is -0.334 e. The molecule has 0 atom stereocenters. The van der Waals surface area contributed by atoms with Crippen LogP contribution < -0.4 is 10.6 Å². The number of hydrogen-bond donors (Lipinski definition) is 2. The summed E-state index contributed by atoms with van der Waals surface area (Å²) in [7, 11) is 0. The maximum Gasteiger partial charge on any atom is 0.353 e. The number of benzene rings is 2. The number of nitrogens with one attached hydrogen (secondary N) is 2. The van der Waals surface area contributed by atoms with E-state index in [1.54, 1.807) is 24.3 Å². The molecule has 0 saturated heterocycles. The van der Waals surface area contributed by atoms with Crippen LogP contribution in [0.5, 0.6) is 0 Å². The number of hydrogen-bond acceptors (Lipinski definition) is 6. The van der Waals surface area contributed by atoms with Gasteiger partial charge in [-0.25, -0.2) is 14.4 Å². The molecule has 0 spiro atoms. The van der Waals surface area contributed by atoms with E-state index in [2.05, 4.69) is 36.5 Å². The van der Waals surface area contributed by atoms with E-state index in [0.717, 1.165) is 4.47 Å². The number of halogens is 2. The molecule has 7 nitrogen and oxygen atoms in total. The first-order chi connectivity index (χ1) is 12.0. The second-order valence-electron chi connectivity index (χ2n) is 4.94. The summed E-state index contributed by atoms with van der Waals surface area (Å²) in [4.78, 5) is 18.8. The predicted octanol–water partition coefficient (Wildman–Crippen LogP) is 4.77. The topological polar surface area (TPSA) is 93.0 Å². The maximum absolute atomic E-state index is 13.0. The summed E-state index contributed by atoms with van der Waals surface area (Å²) >= 11 is 3.32. The van der Waals surface area contributed by atoms with Crippen molar-refractivity contribution >= 4 is 44.6 Å². The van der Waals surface area contributed by atoms with Gasteiger partial charge in [0.25, 0.3) is 0 Å². The summed E-state index contributed by atoms with van der Waals surface area (Å²) in [6, 6.07) is 12.5. The lowest BCUT2D eigenvalue weighted by Crippen LogP contribution is -2.05. The van der Waals surface area contributed by atoms with Crippen LogP contribution in [0, 0.1) is 15.9 Å². The fourth-order valence-corrected chi connectivity index (χ4v) is 2.34. The average molecular weight is 404 g/mol. The fourth-order valence-electron chi connectivity index (χ4n) is 2.07. The van der Waals surface area contributed by atoms with E-state index in [0.29, 0.717) is 11.4 Å². The first-order valence-electron chi connectivity index (χ1n) is 7.07. The molecule has 9 heteroatoms. The standard InChI is InChI=1S/C16H11BrFN5O2/c17-10-1-5-12(6-2-10)21-15-14(23(24)25)16(20-9-19-15)22-13-7-3-11(18)4-8-13/h1-9H,(H2,19,20,21,22). The largest absolute Gasteiger partial charge is 0.353 e. The normalized spacial score (nSPS) is 10.3. The number of nitrogens with zero attached hydrogens (tertiary/aromatic N) is 3. The first-order valence-corrected chi connectivity index (χ1v) is 7.87. The van der Waals surface area contributed by atoms with Crippen molar-refractivity contribution in [3.05, 3.63) is 75.3 Å². The number of nitro groups is 1. The number of rotatable bonds is 5. The van der Waals surface area contributed by atoms with Gasteiger partial charge < -0.3 is 10.6 Å². The zero-order chi connectivity index (χ0) is 17.8. The smallest absolute Gasteiger partial charge is 0.334 e. The molecule has 126 valence electrons. The first kappa shape index (κ1) is 16.8. The second kappa shape index (κ2) is 7.22. The third kappa shape index (κ3) is 4.07. The van der Waals surface area contributed by atoms with Gasteiger partial charge in [-0.05, 0) is 48.5 Å². The zero-order valence-electron chi connectivity index (χ0n) is 12.6. The minimum absolute atomic E-state index is 0.00576. The van der Waals surface area contributed by atoms with Crippen LogP contribution in [-0.2, 0) is 0 Å². The molecule has 3 aromatic rings. The summed E-state index contributed by atoms with van der Waals surface area (Å²) in [5.41, 5.74) is 0.797. The lowest BCUT2D eigenvalue weighted by Gasteiger charge is -2.10. The molecule has 0 amide bonds. The van der Waals surface area contributed by atoms with Crippen molar-refractivity contribution in [1.82, 2.24) is 9.97 Å². The van der Waals surface area contributed by atoms with Crippen LogP contribution in [-0.4, -0.2) is 14.9 Å². The molecular weight excluding hydrogens is 393 g/mol. The van der Waals surface area contributed by atoms with Crippen molar-refractivity contribution in [2.24, 2.45) is 0 Å². The molecule has 0 aliphatic rings. The van der Waals surface area contributed by atoms with Crippen molar-refractivity contribution in [1.29, 1.82) is 0 Å². The average Bonchev–Trinajstić information content (AvgIpc) is 2.59. The zero-order valence-corrected chi connectivity index (χ0v) is 14.2. The van der Waals surface area contributed by atoms with E-state index >= 15 is 0 Å². The Morgan fingerprint density at radius 1 is 0.920 bits per heavy atom. The molecule has 0 fully saturated rings. The highest BCUT2D eigenvalue weighted by Gasteiger charge is 2.23. The Balaban J connectivity index is 1.94. The van der Waals surface area contributed by atoms with Crippen LogP contribution in [0.15, 0.2) is 59.3 Å². The van der Waals surface area contributed by atoms with E-state index in [-0.39, 0.29) is 17.3 Å². The molecule has 0 unspecified atom stereocenters. The molecule has 3 rings (SSSR count). The monoisotopic (exact) mass is 403 g/mol. The van der Waals surface area contributed by atoms with Crippen LogP contribution in [0.1, 0.15) is 0 Å². The Kier molecular flexibility index (Phi) is 4.85. The maximum atomic E-state index is 13.0. The van der Waals surface area contributed by atoms with Crippen LogP contribution in [0.2, 0.25) is 0 Å². The Labute approximate surface area is 150 Å². The molecular formula is C16H11BrFN5O2. The SMILES string of the molecule is O=[N+]([O-])c1c(Nc2ccc(F)cc2)ncnc1Nc1ccc(Br)cc1. The number of aromatic nitrogens is 2. The molecule has 0 bridgehead atoms. The van der Waals surface area contributed by atoms with Gasteiger partial charge in [-0.2, -0.15) is 0 Å². The highest BCUT2D eigenvalue weighted by molar-refractivity contribution is 9.10. The van der Waals surface area contributed by atoms with Crippen LogP contribution in [0.25, 0.3) is 0 Å². The molecule has 1 heterocycles. The third-order valence-electron chi connectivity index (χ3n) is 3.22. The van der Waals surface area contributed by atoms with Gasteiger partial charge in [0.1, 0.15) is 12.1 Å². The van der Waals surface area contributed by atoms with Gasteiger partial charge in [-0.15, -0.1) is 0 Å². The molecule has 0 aliphatic heterocycles. The molecule has 2 N–H and O–H groups in total. The summed E-state index contributed by atoms with van der Waals surface area (Å²) in [6.07, 6.45) is 1.21. The fraction of sp³-hybridized carbons (Fsp3) is 0. The lowest BCUT2D eigenvalue weighted by molar-refractivity contribution is -0.383. The highest BCUT2D eigenvalue weighted by atomic mass is 79.9.